The number of nitrogens with two attached hydrogens (primary N) is 1. The minimum absolute atomic E-state index is 0.508. The molecular formula is C25H30ClN5OS. The van der Waals surface area contributed by atoms with Crippen LogP contribution in [0, 0.1) is 0 Å². The van der Waals surface area contributed by atoms with Crippen LogP contribution >= 0.6 is 23.5 Å². The van der Waals surface area contributed by atoms with Crippen LogP contribution in [0.25, 0.3) is 21.9 Å². The summed E-state index contributed by atoms with van der Waals surface area (Å²) >= 11 is 7.68. The molecule has 0 amide bonds. The first-order valence-corrected chi connectivity index (χ1v) is 12.6. The Morgan fingerprint density at radius 2 is 1.97 bits per heavy atom. The van der Waals surface area contributed by atoms with Crippen molar-refractivity contribution in [1.29, 1.82) is 0 Å². The van der Waals surface area contributed by atoms with Gasteiger partial charge in [0.15, 0.2) is 5.82 Å². The molecule has 0 unspecified atom stereocenters. The lowest BCUT2D eigenvalue weighted by atomic mass is 10.2. The number of methoxy groups -OCH3 is 1. The predicted octanol–water partition coefficient (Wildman–Crippen LogP) is 6.25. The van der Waals surface area contributed by atoms with Gasteiger partial charge in [0.2, 0.25) is 0 Å². The quantitative estimate of drug-likeness (QED) is 0.194. The molecule has 174 valence electrons. The number of para-hydroxylation sites is 1. The van der Waals surface area contributed by atoms with Crippen molar-refractivity contribution in [3.8, 4) is 5.75 Å². The van der Waals surface area contributed by atoms with Crippen molar-refractivity contribution in [2.24, 2.45) is 0 Å². The Morgan fingerprint density at radius 1 is 1.12 bits per heavy atom. The Hall–Kier alpha value is -2.48. The molecule has 0 saturated heterocycles. The molecular weight excluding hydrogens is 454 g/mol. The van der Waals surface area contributed by atoms with E-state index in [0.29, 0.717) is 10.8 Å². The summed E-state index contributed by atoms with van der Waals surface area (Å²) in [5.74, 6) is 2.43. The number of unbranched alkanes of at least 4 members (excludes halogenated alkanes) is 2. The van der Waals surface area contributed by atoms with Crippen molar-refractivity contribution in [2.45, 2.75) is 50.5 Å². The first-order valence-electron chi connectivity index (χ1n) is 11.4. The number of rotatable bonds is 11. The summed E-state index contributed by atoms with van der Waals surface area (Å²) in [6, 6.07) is 13.8. The number of imidazole rings is 1. The normalized spacial score (nSPS) is 11.5. The molecule has 0 saturated carbocycles. The predicted molar refractivity (Wildman–Crippen MR) is 139 cm³/mol. The van der Waals surface area contributed by atoms with Gasteiger partial charge in [0.1, 0.15) is 17.1 Å². The van der Waals surface area contributed by atoms with Crippen molar-refractivity contribution in [3.63, 3.8) is 0 Å². The van der Waals surface area contributed by atoms with E-state index in [1.54, 1.807) is 19.1 Å². The molecule has 2 heterocycles. The minimum atomic E-state index is 0.508. The SMILES string of the molecule is CCCCc1nc2c(N)nc3ccccc3c2n1CCCCNSc1cc(Cl)ccc1OC. The Labute approximate surface area is 204 Å². The topological polar surface area (TPSA) is 78.0 Å². The summed E-state index contributed by atoms with van der Waals surface area (Å²) in [6.45, 7) is 3.98. The smallest absolute Gasteiger partial charge is 0.152 e. The van der Waals surface area contributed by atoms with Gasteiger partial charge in [-0.25, -0.2) is 9.97 Å². The van der Waals surface area contributed by atoms with Crippen LogP contribution in [0.4, 0.5) is 5.82 Å². The van der Waals surface area contributed by atoms with Gasteiger partial charge >= 0.3 is 0 Å². The van der Waals surface area contributed by atoms with Gasteiger partial charge in [-0.1, -0.05) is 43.1 Å². The zero-order valence-electron chi connectivity index (χ0n) is 19.1. The number of fused-ring (bicyclic) bond motifs is 3. The second-order valence-electron chi connectivity index (χ2n) is 7.99. The molecule has 8 heteroatoms. The van der Waals surface area contributed by atoms with Crippen LogP contribution in [0.15, 0.2) is 47.4 Å². The van der Waals surface area contributed by atoms with E-state index in [-0.39, 0.29) is 0 Å². The fraction of sp³-hybridized carbons (Fsp3) is 0.360. The number of hydrogen-bond donors (Lipinski definition) is 2. The maximum atomic E-state index is 6.30. The van der Waals surface area contributed by atoms with Crippen LogP contribution in [0.1, 0.15) is 38.4 Å². The molecule has 33 heavy (non-hydrogen) atoms. The van der Waals surface area contributed by atoms with E-state index in [0.717, 1.165) is 83.6 Å². The number of hydrogen-bond acceptors (Lipinski definition) is 6. The van der Waals surface area contributed by atoms with Crippen LogP contribution in [0.2, 0.25) is 5.02 Å². The zero-order chi connectivity index (χ0) is 23.2. The summed E-state index contributed by atoms with van der Waals surface area (Å²) in [5, 5.41) is 1.81. The maximum Gasteiger partial charge on any atom is 0.152 e. The Kier molecular flexibility index (Phi) is 7.96. The Balaban J connectivity index is 1.46. The third-order valence-corrected chi connectivity index (χ3v) is 6.78. The van der Waals surface area contributed by atoms with E-state index in [1.165, 1.54) is 0 Å². The summed E-state index contributed by atoms with van der Waals surface area (Å²) < 4.78 is 11.2. The molecule has 2 aromatic heterocycles. The summed E-state index contributed by atoms with van der Waals surface area (Å²) in [4.78, 5) is 10.5. The van der Waals surface area contributed by atoms with Gasteiger partial charge in [-0.05, 0) is 55.5 Å². The molecule has 0 aliphatic carbocycles. The Morgan fingerprint density at radius 3 is 2.79 bits per heavy atom. The van der Waals surface area contributed by atoms with E-state index in [4.69, 9.17) is 27.1 Å². The van der Waals surface area contributed by atoms with E-state index < -0.39 is 0 Å². The lowest BCUT2D eigenvalue weighted by Gasteiger charge is -2.12. The molecule has 0 spiro atoms. The van der Waals surface area contributed by atoms with Gasteiger partial charge in [0.05, 0.1) is 23.0 Å². The number of halogens is 1. The number of pyridine rings is 1. The lowest BCUT2D eigenvalue weighted by molar-refractivity contribution is 0.404. The highest BCUT2D eigenvalue weighted by Gasteiger charge is 2.16. The molecule has 2 aromatic carbocycles. The molecule has 0 bridgehead atoms. The summed E-state index contributed by atoms with van der Waals surface area (Å²) in [5.41, 5.74) is 9.14. The number of aryl methyl sites for hydroxylation is 2. The van der Waals surface area contributed by atoms with Crippen molar-refractivity contribution in [1.82, 2.24) is 19.3 Å². The molecule has 4 rings (SSSR count). The molecule has 0 aliphatic heterocycles. The second-order valence-corrected chi connectivity index (χ2v) is 9.36. The highest BCUT2D eigenvalue weighted by atomic mass is 35.5. The number of nitrogens with one attached hydrogen (secondary N) is 1. The first kappa shape index (κ1) is 23.7. The van der Waals surface area contributed by atoms with Gasteiger partial charge < -0.3 is 15.0 Å². The molecule has 0 aliphatic rings. The van der Waals surface area contributed by atoms with Crippen LogP contribution < -0.4 is 15.2 Å². The van der Waals surface area contributed by atoms with Crippen LogP contribution in [-0.4, -0.2) is 28.2 Å². The molecule has 0 fully saturated rings. The number of benzene rings is 2. The molecule has 3 N–H and O–H groups in total. The molecule has 0 atom stereocenters. The third-order valence-electron chi connectivity index (χ3n) is 5.66. The fourth-order valence-electron chi connectivity index (χ4n) is 4.00. The van der Waals surface area contributed by atoms with Crippen LogP contribution in [0.5, 0.6) is 5.75 Å². The largest absolute Gasteiger partial charge is 0.496 e. The molecule has 4 aromatic rings. The first-order chi connectivity index (χ1) is 16.1. The van der Waals surface area contributed by atoms with Crippen molar-refractivity contribution in [2.75, 3.05) is 19.4 Å². The number of anilines is 1. The highest BCUT2D eigenvalue weighted by molar-refractivity contribution is 7.97. The maximum absolute atomic E-state index is 6.30. The van der Waals surface area contributed by atoms with Gasteiger partial charge in [-0.2, -0.15) is 0 Å². The number of aromatic nitrogens is 3. The Bertz CT molecular complexity index is 1240. The highest BCUT2D eigenvalue weighted by Crippen LogP contribution is 2.31. The number of ether oxygens (including phenoxy) is 1. The number of nitrogen functional groups attached to an aromatic ring is 1. The molecule has 0 radical (unpaired) electrons. The van der Waals surface area contributed by atoms with E-state index in [9.17, 15) is 0 Å². The average Bonchev–Trinajstić information content (AvgIpc) is 3.19. The van der Waals surface area contributed by atoms with Gasteiger partial charge in [-0.15, -0.1) is 0 Å². The fourth-order valence-corrected chi connectivity index (χ4v) is 5.07. The van der Waals surface area contributed by atoms with E-state index >= 15 is 0 Å². The van der Waals surface area contributed by atoms with Crippen molar-refractivity contribution >= 4 is 51.3 Å². The van der Waals surface area contributed by atoms with E-state index in [1.807, 2.05) is 36.4 Å². The average molecular weight is 484 g/mol. The zero-order valence-corrected chi connectivity index (χ0v) is 20.7. The van der Waals surface area contributed by atoms with Crippen molar-refractivity contribution in [3.05, 3.63) is 53.3 Å². The number of nitrogens with zero attached hydrogens (tertiary/aromatic N) is 3. The van der Waals surface area contributed by atoms with Gasteiger partial charge in [0.25, 0.3) is 0 Å². The monoisotopic (exact) mass is 483 g/mol. The third kappa shape index (κ3) is 5.37. The minimum Gasteiger partial charge on any atom is -0.496 e. The second kappa shape index (κ2) is 11.1. The summed E-state index contributed by atoms with van der Waals surface area (Å²) in [6.07, 6.45) is 5.24. The van der Waals surface area contributed by atoms with Crippen LogP contribution in [-0.2, 0) is 13.0 Å². The van der Waals surface area contributed by atoms with E-state index in [2.05, 4.69) is 27.3 Å². The van der Waals surface area contributed by atoms with Gasteiger partial charge in [-0.3, -0.25) is 4.72 Å². The summed E-state index contributed by atoms with van der Waals surface area (Å²) in [7, 11) is 1.67. The van der Waals surface area contributed by atoms with Gasteiger partial charge in [0, 0.05) is 29.9 Å². The molecule has 6 nitrogen and oxygen atoms in total. The standard InChI is InChI=1S/C25H30ClN5OS/c1-3-4-11-22-30-23-24(18-9-5-6-10-19(18)29-25(23)27)31(22)15-8-7-14-28-33-21-16-17(26)12-13-20(21)32-2/h5-6,9-10,12-13,16,28H,3-4,7-8,11,14-15H2,1-2H3,(H2,27,29). The van der Waals surface area contributed by atoms with Crippen LogP contribution in [0.3, 0.4) is 0 Å². The van der Waals surface area contributed by atoms with Crippen molar-refractivity contribution < 1.29 is 4.74 Å². The lowest BCUT2D eigenvalue weighted by Crippen LogP contribution is -2.09.